The fourth-order valence-corrected chi connectivity index (χ4v) is 2.58. The molecule has 0 aliphatic heterocycles. The molecule has 0 aliphatic rings. The normalized spacial score (nSPS) is 12.0. The number of nitrogens with zero attached hydrogens (tertiary/aromatic N) is 4. The molecule has 0 unspecified atom stereocenters. The number of para-hydroxylation sites is 1. The van der Waals surface area contributed by atoms with E-state index in [1.807, 2.05) is 30.3 Å². The Bertz CT molecular complexity index is 905. The number of fused-ring (bicyclic) bond motifs is 1. The number of rotatable bonds is 4. The van der Waals surface area contributed by atoms with E-state index in [1.54, 1.807) is 0 Å². The Morgan fingerprint density at radius 3 is 2.55 bits per heavy atom. The van der Waals surface area contributed by atoms with Crippen molar-refractivity contribution in [3.8, 4) is 0 Å². The van der Waals surface area contributed by atoms with Gasteiger partial charge in [-0.1, -0.05) is 18.2 Å². The van der Waals surface area contributed by atoms with Crippen molar-refractivity contribution >= 4 is 32.7 Å². The first-order valence-corrected chi connectivity index (χ1v) is 7.88. The van der Waals surface area contributed by atoms with Crippen LogP contribution in [0, 0.1) is 0 Å². The first-order chi connectivity index (χ1) is 10.5. The third-order valence-corrected chi connectivity index (χ3v) is 4.61. The van der Waals surface area contributed by atoms with Gasteiger partial charge >= 0.3 is 0 Å². The second-order valence-electron chi connectivity index (χ2n) is 4.73. The minimum atomic E-state index is -3.74. The molecule has 0 saturated carbocycles. The number of H-pyrrole nitrogens is 1. The van der Waals surface area contributed by atoms with E-state index in [1.165, 1.54) is 20.4 Å². The van der Waals surface area contributed by atoms with Crippen molar-refractivity contribution in [3.63, 3.8) is 0 Å². The number of imidazole rings is 1. The maximum atomic E-state index is 12.2. The zero-order valence-corrected chi connectivity index (χ0v) is 12.8. The number of hydrogen-bond acceptors (Lipinski definition) is 6. The second-order valence-corrected chi connectivity index (χ2v) is 6.78. The van der Waals surface area contributed by atoms with E-state index in [2.05, 4.69) is 25.3 Å². The molecule has 8 nitrogen and oxygen atoms in total. The van der Waals surface area contributed by atoms with Gasteiger partial charge in [0.15, 0.2) is 17.0 Å². The average molecular weight is 318 g/mol. The highest BCUT2D eigenvalue weighted by Crippen LogP contribution is 2.23. The van der Waals surface area contributed by atoms with Crippen LogP contribution < -0.4 is 5.32 Å². The molecule has 2 aromatic heterocycles. The van der Waals surface area contributed by atoms with Crippen molar-refractivity contribution in [2.45, 2.75) is 5.16 Å². The predicted octanol–water partition coefficient (Wildman–Crippen LogP) is 1.35. The van der Waals surface area contributed by atoms with Crippen molar-refractivity contribution in [3.05, 3.63) is 36.7 Å². The van der Waals surface area contributed by atoms with Crippen molar-refractivity contribution < 1.29 is 8.42 Å². The highest BCUT2D eigenvalue weighted by Gasteiger charge is 2.23. The van der Waals surface area contributed by atoms with Gasteiger partial charge in [-0.15, -0.1) is 0 Å². The van der Waals surface area contributed by atoms with E-state index in [4.69, 9.17) is 0 Å². The summed E-state index contributed by atoms with van der Waals surface area (Å²) in [6.07, 6.45) is 1.45. The molecule has 0 spiro atoms. The summed E-state index contributed by atoms with van der Waals surface area (Å²) in [4.78, 5) is 15.1. The van der Waals surface area contributed by atoms with Crippen LogP contribution in [0.25, 0.3) is 11.2 Å². The van der Waals surface area contributed by atoms with E-state index < -0.39 is 10.0 Å². The summed E-state index contributed by atoms with van der Waals surface area (Å²) in [7, 11) is -0.876. The van der Waals surface area contributed by atoms with Crippen molar-refractivity contribution in [2.24, 2.45) is 0 Å². The third kappa shape index (κ3) is 2.51. The van der Waals surface area contributed by atoms with Gasteiger partial charge in [0, 0.05) is 19.8 Å². The lowest BCUT2D eigenvalue weighted by atomic mass is 10.3. The molecule has 3 rings (SSSR count). The van der Waals surface area contributed by atoms with Crippen molar-refractivity contribution in [1.82, 2.24) is 24.2 Å². The molecule has 114 valence electrons. The lowest BCUT2D eigenvalue weighted by molar-refractivity contribution is 0.512. The zero-order valence-electron chi connectivity index (χ0n) is 12.0. The summed E-state index contributed by atoms with van der Waals surface area (Å²) in [5.74, 6) is 0.331. The van der Waals surface area contributed by atoms with Crippen LogP contribution in [-0.4, -0.2) is 46.8 Å². The maximum Gasteiger partial charge on any atom is 0.278 e. The number of aromatic nitrogens is 4. The number of sulfonamides is 1. The first kappa shape index (κ1) is 14.4. The quantitative estimate of drug-likeness (QED) is 0.704. The summed E-state index contributed by atoms with van der Waals surface area (Å²) in [6.45, 7) is 0. The smallest absolute Gasteiger partial charge is 0.278 e. The van der Waals surface area contributed by atoms with Crippen LogP contribution in [0.15, 0.2) is 41.8 Å². The Hall–Kier alpha value is -2.52. The largest absolute Gasteiger partial charge is 0.338 e. The van der Waals surface area contributed by atoms with Crippen LogP contribution >= 0.6 is 0 Å². The summed E-state index contributed by atoms with van der Waals surface area (Å²) in [5, 5.41) is 2.78. The van der Waals surface area contributed by atoms with E-state index >= 15 is 0 Å². The van der Waals surface area contributed by atoms with E-state index in [-0.39, 0.29) is 5.16 Å². The predicted molar refractivity (Wildman–Crippen MR) is 82.3 cm³/mol. The summed E-state index contributed by atoms with van der Waals surface area (Å²) < 4.78 is 25.5. The molecule has 0 radical (unpaired) electrons. The number of nitrogens with one attached hydrogen (secondary N) is 2. The lowest BCUT2D eigenvalue weighted by Gasteiger charge is -2.11. The molecule has 0 amide bonds. The van der Waals surface area contributed by atoms with Crippen LogP contribution in [0.5, 0.6) is 0 Å². The maximum absolute atomic E-state index is 12.2. The van der Waals surface area contributed by atoms with Crippen LogP contribution in [0.1, 0.15) is 0 Å². The second kappa shape index (κ2) is 5.35. The fourth-order valence-electron chi connectivity index (χ4n) is 1.84. The highest BCUT2D eigenvalue weighted by molar-refractivity contribution is 7.88. The molecule has 2 N–H and O–H groups in total. The van der Waals surface area contributed by atoms with Crippen LogP contribution in [0.3, 0.4) is 0 Å². The van der Waals surface area contributed by atoms with E-state index in [0.717, 1.165) is 9.99 Å². The van der Waals surface area contributed by atoms with Gasteiger partial charge in [-0.25, -0.2) is 17.7 Å². The van der Waals surface area contributed by atoms with Gasteiger partial charge < -0.3 is 10.3 Å². The molecule has 0 aliphatic carbocycles. The Labute approximate surface area is 127 Å². The summed E-state index contributed by atoms with van der Waals surface area (Å²) >= 11 is 0. The van der Waals surface area contributed by atoms with Gasteiger partial charge in [0.05, 0.1) is 6.33 Å². The topological polar surface area (TPSA) is 104 Å². The van der Waals surface area contributed by atoms with Crippen molar-refractivity contribution in [1.29, 1.82) is 0 Å². The number of benzene rings is 1. The van der Waals surface area contributed by atoms with Crippen LogP contribution in [0.4, 0.5) is 11.5 Å². The Balaban J connectivity index is 2.15. The first-order valence-electron chi connectivity index (χ1n) is 6.44. The van der Waals surface area contributed by atoms with Gasteiger partial charge in [0.2, 0.25) is 0 Å². The van der Waals surface area contributed by atoms with Gasteiger partial charge in [-0.3, -0.25) is 0 Å². The molecule has 3 aromatic rings. The molecule has 0 atom stereocenters. The Morgan fingerprint density at radius 2 is 1.86 bits per heavy atom. The fraction of sp³-hybridized carbons (Fsp3) is 0.154. The molecule has 0 saturated heterocycles. The monoisotopic (exact) mass is 318 g/mol. The number of anilines is 2. The van der Waals surface area contributed by atoms with Crippen LogP contribution in [0.2, 0.25) is 0 Å². The standard InChI is InChI=1S/C13H14N6O2S/c1-19(2)22(20,21)13-17-11-10(14-8-15-11)12(18-13)16-9-6-4-3-5-7-9/h3-8H,1-2H3,(H2,14,15,16,17,18). The van der Waals surface area contributed by atoms with Crippen LogP contribution in [-0.2, 0) is 10.0 Å². The molecular weight excluding hydrogens is 304 g/mol. The zero-order chi connectivity index (χ0) is 15.7. The van der Waals surface area contributed by atoms with Gasteiger partial charge in [0.25, 0.3) is 15.2 Å². The van der Waals surface area contributed by atoms with E-state index in [9.17, 15) is 8.42 Å². The number of hydrogen-bond donors (Lipinski definition) is 2. The third-order valence-electron chi connectivity index (χ3n) is 3.01. The SMILES string of the molecule is CN(C)S(=O)(=O)c1nc(Nc2ccccc2)c2nc[nH]c2n1. The minimum absolute atomic E-state index is 0.285. The van der Waals surface area contributed by atoms with Gasteiger partial charge in [-0.05, 0) is 12.1 Å². The molecule has 0 bridgehead atoms. The average Bonchev–Trinajstić information content (AvgIpc) is 2.96. The molecular formula is C13H14N6O2S. The highest BCUT2D eigenvalue weighted by atomic mass is 32.2. The summed E-state index contributed by atoms with van der Waals surface area (Å²) in [6, 6.07) is 9.31. The molecule has 0 fully saturated rings. The molecule has 1 aromatic carbocycles. The lowest BCUT2D eigenvalue weighted by Crippen LogP contribution is -2.24. The van der Waals surface area contributed by atoms with E-state index in [0.29, 0.717) is 17.0 Å². The molecule has 2 heterocycles. The van der Waals surface area contributed by atoms with Gasteiger partial charge in [-0.2, -0.15) is 9.97 Å². The summed E-state index contributed by atoms with van der Waals surface area (Å²) in [5.41, 5.74) is 1.61. The number of aromatic amines is 1. The van der Waals surface area contributed by atoms with Gasteiger partial charge in [0.1, 0.15) is 0 Å². The molecule has 9 heteroatoms. The van der Waals surface area contributed by atoms with Crippen molar-refractivity contribution in [2.75, 3.05) is 19.4 Å². The Morgan fingerprint density at radius 1 is 1.14 bits per heavy atom. The Kier molecular flexibility index (Phi) is 3.51. The minimum Gasteiger partial charge on any atom is -0.338 e. The molecule has 22 heavy (non-hydrogen) atoms.